The van der Waals surface area contributed by atoms with Gasteiger partial charge in [-0.2, -0.15) is 5.10 Å². The van der Waals surface area contributed by atoms with E-state index in [4.69, 9.17) is 10.5 Å². The summed E-state index contributed by atoms with van der Waals surface area (Å²) in [7, 11) is 3.57. The molecule has 0 saturated heterocycles. The van der Waals surface area contributed by atoms with E-state index in [9.17, 15) is 0 Å². The molecule has 4 nitrogen and oxygen atoms in total. The van der Waals surface area contributed by atoms with Gasteiger partial charge in [0.1, 0.15) is 5.75 Å². The lowest BCUT2D eigenvalue weighted by atomic mass is 10.0. The lowest BCUT2D eigenvalue weighted by Gasteiger charge is -2.15. The van der Waals surface area contributed by atoms with Gasteiger partial charge in [0, 0.05) is 17.7 Å². The lowest BCUT2D eigenvalue weighted by molar-refractivity contribution is 0.407. The molecule has 0 aliphatic heterocycles. The van der Waals surface area contributed by atoms with Crippen LogP contribution in [0.5, 0.6) is 5.75 Å². The van der Waals surface area contributed by atoms with E-state index in [0.29, 0.717) is 6.42 Å². The molecule has 2 aromatic rings. The number of benzene rings is 1. The average molecular weight is 310 g/mol. The van der Waals surface area contributed by atoms with E-state index in [-0.39, 0.29) is 6.04 Å². The summed E-state index contributed by atoms with van der Waals surface area (Å²) >= 11 is 3.46. The minimum Gasteiger partial charge on any atom is -0.496 e. The van der Waals surface area contributed by atoms with Crippen molar-refractivity contribution in [2.24, 2.45) is 12.8 Å². The molecule has 0 fully saturated rings. The molecule has 1 aromatic carbocycles. The molecular formula is C13H16BrN3O. The molecule has 0 radical (unpaired) electrons. The normalized spacial score (nSPS) is 12.4. The number of hydrogen-bond donors (Lipinski definition) is 1. The van der Waals surface area contributed by atoms with Crippen LogP contribution < -0.4 is 10.5 Å². The van der Waals surface area contributed by atoms with E-state index in [2.05, 4.69) is 21.0 Å². The van der Waals surface area contributed by atoms with Gasteiger partial charge >= 0.3 is 0 Å². The molecule has 18 heavy (non-hydrogen) atoms. The van der Waals surface area contributed by atoms with Crippen LogP contribution in [0.3, 0.4) is 0 Å². The van der Waals surface area contributed by atoms with Crippen LogP contribution in [0.1, 0.15) is 17.3 Å². The van der Waals surface area contributed by atoms with Crippen molar-refractivity contribution >= 4 is 15.9 Å². The summed E-state index contributed by atoms with van der Waals surface area (Å²) in [5, 5.41) is 4.14. The summed E-state index contributed by atoms with van der Waals surface area (Å²) in [4.78, 5) is 0. The first kappa shape index (κ1) is 13.1. The maximum Gasteiger partial charge on any atom is 0.122 e. The van der Waals surface area contributed by atoms with Gasteiger partial charge in [-0.05, 0) is 36.2 Å². The molecule has 1 heterocycles. The van der Waals surface area contributed by atoms with Crippen LogP contribution >= 0.6 is 15.9 Å². The van der Waals surface area contributed by atoms with Crippen LogP contribution in [0.15, 0.2) is 34.9 Å². The zero-order valence-electron chi connectivity index (χ0n) is 10.4. The van der Waals surface area contributed by atoms with Crippen LogP contribution in [0.4, 0.5) is 0 Å². The summed E-state index contributed by atoms with van der Waals surface area (Å²) in [5.74, 6) is 0.857. The third kappa shape index (κ3) is 2.73. The average Bonchev–Trinajstić information content (AvgIpc) is 2.76. The van der Waals surface area contributed by atoms with E-state index in [1.165, 1.54) is 0 Å². The van der Waals surface area contributed by atoms with Crippen LogP contribution in [-0.4, -0.2) is 16.9 Å². The number of methoxy groups -OCH3 is 1. The second-order valence-electron chi connectivity index (χ2n) is 4.15. The third-order valence-electron chi connectivity index (χ3n) is 2.92. The van der Waals surface area contributed by atoms with Crippen molar-refractivity contribution < 1.29 is 4.74 Å². The summed E-state index contributed by atoms with van der Waals surface area (Å²) in [6.07, 6.45) is 2.47. The van der Waals surface area contributed by atoms with Gasteiger partial charge in [-0.3, -0.25) is 4.68 Å². The monoisotopic (exact) mass is 309 g/mol. The maximum absolute atomic E-state index is 6.21. The van der Waals surface area contributed by atoms with E-state index < -0.39 is 0 Å². The van der Waals surface area contributed by atoms with Crippen LogP contribution in [0, 0.1) is 0 Å². The van der Waals surface area contributed by atoms with E-state index >= 15 is 0 Å². The lowest BCUT2D eigenvalue weighted by Crippen LogP contribution is -2.17. The largest absolute Gasteiger partial charge is 0.496 e. The van der Waals surface area contributed by atoms with Crippen LogP contribution in [0.2, 0.25) is 0 Å². The first-order valence-electron chi connectivity index (χ1n) is 5.67. The summed E-state index contributed by atoms with van der Waals surface area (Å²) < 4.78 is 8.17. The van der Waals surface area contributed by atoms with E-state index in [1.807, 2.05) is 31.3 Å². The van der Waals surface area contributed by atoms with Crippen molar-refractivity contribution in [3.8, 4) is 5.75 Å². The summed E-state index contributed by atoms with van der Waals surface area (Å²) in [5.41, 5.74) is 8.31. The van der Waals surface area contributed by atoms with Gasteiger partial charge in [0.25, 0.3) is 0 Å². The Labute approximate surface area is 115 Å². The number of ether oxygens (including phenoxy) is 1. The standard InChI is InChI=1S/C13H16BrN3O/c1-17-12(5-6-16-17)11(15)8-9-7-10(14)3-4-13(9)18-2/h3-7,11H,8,15H2,1-2H3. The molecule has 0 bridgehead atoms. The fourth-order valence-corrected chi connectivity index (χ4v) is 2.40. The number of aromatic nitrogens is 2. The highest BCUT2D eigenvalue weighted by atomic mass is 79.9. The van der Waals surface area contributed by atoms with E-state index in [0.717, 1.165) is 21.5 Å². The SMILES string of the molecule is COc1ccc(Br)cc1CC(N)c1ccnn1C. The number of aryl methyl sites for hydroxylation is 1. The number of hydrogen-bond acceptors (Lipinski definition) is 3. The molecule has 96 valence electrons. The van der Waals surface area contributed by atoms with Gasteiger partial charge in [0.15, 0.2) is 0 Å². The molecule has 0 aliphatic rings. The Morgan fingerprint density at radius 2 is 2.22 bits per heavy atom. The van der Waals surface area contributed by atoms with Crippen molar-refractivity contribution in [1.29, 1.82) is 0 Å². The minimum absolute atomic E-state index is 0.0966. The van der Waals surface area contributed by atoms with E-state index in [1.54, 1.807) is 18.0 Å². The number of halogens is 1. The molecule has 2 rings (SSSR count). The molecule has 1 unspecified atom stereocenters. The molecule has 0 saturated carbocycles. The number of nitrogens with zero attached hydrogens (tertiary/aromatic N) is 2. The topological polar surface area (TPSA) is 53.1 Å². The molecule has 0 aliphatic carbocycles. The highest BCUT2D eigenvalue weighted by Gasteiger charge is 2.13. The first-order valence-corrected chi connectivity index (χ1v) is 6.47. The van der Waals surface area contributed by atoms with Gasteiger partial charge in [-0.15, -0.1) is 0 Å². The second-order valence-corrected chi connectivity index (χ2v) is 5.06. The Balaban J connectivity index is 2.23. The minimum atomic E-state index is -0.0966. The van der Waals surface area contributed by atoms with Crippen molar-refractivity contribution in [3.63, 3.8) is 0 Å². The maximum atomic E-state index is 6.21. The molecule has 5 heteroatoms. The molecule has 1 atom stereocenters. The van der Waals surface area contributed by atoms with Crippen LogP contribution in [-0.2, 0) is 13.5 Å². The molecule has 1 aromatic heterocycles. The van der Waals surface area contributed by atoms with Gasteiger partial charge in [-0.1, -0.05) is 15.9 Å². The first-order chi connectivity index (χ1) is 8.61. The summed E-state index contributed by atoms with van der Waals surface area (Å²) in [6.45, 7) is 0. The number of rotatable bonds is 4. The summed E-state index contributed by atoms with van der Waals surface area (Å²) in [6, 6.07) is 7.78. The van der Waals surface area contributed by atoms with Crippen molar-refractivity contribution in [2.75, 3.05) is 7.11 Å². The smallest absolute Gasteiger partial charge is 0.122 e. The molecule has 0 amide bonds. The van der Waals surface area contributed by atoms with Gasteiger partial charge in [0.2, 0.25) is 0 Å². The predicted octanol–water partition coefficient (Wildman–Crippen LogP) is 2.43. The van der Waals surface area contributed by atoms with Crippen molar-refractivity contribution in [1.82, 2.24) is 9.78 Å². The van der Waals surface area contributed by atoms with Gasteiger partial charge in [0.05, 0.1) is 18.8 Å². The molecular weight excluding hydrogens is 294 g/mol. The zero-order chi connectivity index (χ0) is 13.1. The van der Waals surface area contributed by atoms with Crippen molar-refractivity contribution in [2.45, 2.75) is 12.5 Å². The predicted molar refractivity (Wildman–Crippen MR) is 74.5 cm³/mol. The third-order valence-corrected chi connectivity index (χ3v) is 3.41. The van der Waals surface area contributed by atoms with Gasteiger partial charge < -0.3 is 10.5 Å². The second kappa shape index (κ2) is 5.54. The molecule has 2 N–H and O–H groups in total. The highest BCUT2D eigenvalue weighted by Crippen LogP contribution is 2.26. The highest BCUT2D eigenvalue weighted by molar-refractivity contribution is 9.10. The number of nitrogens with two attached hydrogens (primary N) is 1. The Morgan fingerprint density at radius 1 is 1.44 bits per heavy atom. The fourth-order valence-electron chi connectivity index (χ4n) is 2.00. The Hall–Kier alpha value is -1.33. The van der Waals surface area contributed by atoms with Gasteiger partial charge in [-0.25, -0.2) is 0 Å². The Kier molecular flexibility index (Phi) is 4.04. The quantitative estimate of drug-likeness (QED) is 0.943. The Bertz CT molecular complexity index is 539. The van der Waals surface area contributed by atoms with Crippen molar-refractivity contribution in [3.05, 3.63) is 46.2 Å². The Morgan fingerprint density at radius 3 is 2.83 bits per heavy atom. The zero-order valence-corrected chi connectivity index (χ0v) is 12.0. The van der Waals surface area contributed by atoms with Crippen LogP contribution in [0.25, 0.3) is 0 Å². The molecule has 0 spiro atoms. The fraction of sp³-hybridized carbons (Fsp3) is 0.308.